The third kappa shape index (κ3) is 6.67. The molecule has 132 valence electrons. The van der Waals surface area contributed by atoms with Gasteiger partial charge in [0.1, 0.15) is 5.75 Å². The Morgan fingerprint density at radius 3 is 2.57 bits per heavy atom. The first-order chi connectivity index (χ1) is 10.5. The molecule has 0 radical (unpaired) electrons. The fourth-order valence-electron chi connectivity index (χ4n) is 2.35. The molecule has 1 saturated heterocycles. The SMILES string of the molecule is CC(C)CCOc1ccc(S(=O)(=O)NCC2CCCN2)cc1.Cl. The van der Waals surface area contributed by atoms with Crippen LogP contribution in [0, 0.1) is 5.92 Å². The Morgan fingerprint density at radius 2 is 2.00 bits per heavy atom. The average Bonchev–Trinajstić information content (AvgIpc) is 2.99. The highest BCUT2D eigenvalue weighted by atomic mass is 35.5. The number of nitrogens with one attached hydrogen (secondary N) is 2. The van der Waals surface area contributed by atoms with Crippen LogP contribution in [0.1, 0.15) is 33.1 Å². The molecule has 1 aliphatic heterocycles. The molecule has 0 amide bonds. The van der Waals surface area contributed by atoms with E-state index >= 15 is 0 Å². The van der Waals surface area contributed by atoms with Crippen LogP contribution in [-0.2, 0) is 10.0 Å². The van der Waals surface area contributed by atoms with Gasteiger partial charge in [-0.3, -0.25) is 0 Å². The van der Waals surface area contributed by atoms with Gasteiger partial charge in [-0.1, -0.05) is 13.8 Å². The molecule has 1 heterocycles. The molecule has 0 spiro atoms. The molecule has 1 atom stereocenters. The summed E-state index contributed by atoms with van der Waals surface area (Å²) in [5.74, 6) is 1.30. The van der Waals surface area contributed by atoms with Gasteiger partial charge >= 0.3 is 0 Å². The zero-order chi connectivity index (χ0) is 16.0. The maximum Gasteiger partial charge on any atom is 0.240 e. The van der Waals surface area contributed by atoms with E-state index < -0.39 is 10.0 Å². The molecule has 0 bridgehead atoms. The molecule has 23 heavy (non-hydrogen) atoms. The average molecular weight is 363 g/mol. The van der Waals surface area contributed by atoms with Gasteiger partial charge in [0.25, 0.3) is 0 Å². The van der Waals surface area contributed by atoms with E-state index in [2.05, 4.69) is 23.9 Å². The van der Waals surface area contributed by atoms with Gasteiger partial charge in [-0.15, -0.1) is 12.4 Å². The molecule has 1 unspecified atom stereocenters. The van der Waals surface area contributed by atoms with Crippen molar-refractivity contribution in [3.8, 4) is 5.75 Å². The summed E-state index contributed by atoms with van der Waals surface area (Å²) in [6.07, 6.45) is 3.11. The summed E-state index contributed by atoms with van der Waals surface area (Å²) in [7, 11) is -3.44. The van der Waals surface area contributed by atoms with Crippen LogP contribution in [-0.4, -0.2) is 34.2 Å². The van der Waals surface area contributed by atoms with Gasteiger partial charge in [0.2, 0.25) is 10.0 Å². The third-order valence-corrected chi connectivity index (χ3v) is 5.22. The van der Waals surface area contributed by atoms with Crippen molar-refractivity contribution in [2.24, 2.45) is 5.92 Å². The normalized spacial score (nSPS) is 18.0. The molecule has 1 aliphatic rings. The summed E-state index contributed by atoms with van der Waals surface area (Å²) in [5, 5.41) is 3.28. The molecule has 5 nitrogen and oxygen atoms in total. The van der Waals surface area contributed by atoms with Gasteiger partial charge in [0.15, 0.2) is 0 Å². The zero-order valence-corrected chi connectivity index (χ0v) is 15.4. The molecular formula is C16H27ClN2O3S. The second kappa shape index (κ2) is 9.47. The highest BCUT2D eigenvalue weighted by molar-refractivity contribution is 7.89. The smallest absolute Gasteiger partial charge is 0.240 e. The van der Waals surface area contributed by atoms with Crippen LogP contribution < -0.4 is 14.8 Å². The Bertz CT molecular complexity index is 555. The largest absolute Gasteiger partial charge is 0.494 e. The summed E-state index contributed by atoms with van der Waals surface area (Å²) in [4.78, 5) is 0.279. The van der Waals surface area contributed by atoms with Gasteiger partial charge in [-0.05, 0) is 56.0 Å². The lowest BCUT2D eigenvalue weighted by Gasteiger charge is -2.12. The number of benzene rings is 1. The van der Waals surface area contributed by atoms with Gasteiger partial charge in [0, 0.05) is 12.6 Å². The van der Waals surface area contributed by atoms with Crippen molar-refractivity contribution in [1.82, 2.24) is 10.0 Å². The molecule has 2 N–H and O–H groups in total. The second-order valence-corrected chi connectivity index (χ2v) is 7.91. The zero-order valence-electron chi connectivity index (χ0n) is 13.7. The summed E-state index contributed by atoms with van der Waals surface area (Å²) in [5.41, 5.74) is 0. The van der Waals surface area contributed by atoms with Gasteiger partial charge in [-0.2, -0.15) is 0 Å². The maximum atomic E-state index is 12.2. The molecule has 0 saturated carbocycles. The Labute approximate surface area is 145 Å². The highest BCUT2D eigenvalue weighted by Crippen LogP contribution is 2.17. The number of ether oxygens (including phenoxy) is 1. The Balaban J connectivity index is 0.00000264. The van der Waals surface area contributed by atoms with Crippen molar-refractivity contribution in [1.29, 1.82) is 0 Å². The van der Waals surface area contributed by atoms with Gasteiger partial charge < -0.3 is 10.1 Å². The summed E-state index contributed by atoms with van der Waals surface area (Å²) in [6.45, 7) is 6.34. The first-order valence-electron chi connectivity index (χ1n) is 7.93. The first kappa shape index (κ1) is 20.2. The standard InChI is InChI=1S/C16H26N2O3S.ClH/c1-13(2)9-11-21-15-5-7-16(8-6-15)22(19,20)18-12-14-4-3-10-17-14;/h5-8,13-14,17-18H,3-4,9-12H2,1-2H3;1H. The van der Waals surface area contributed by atoms with E-state index in [-0.39, 0.29) is 23.3 Å². The van der Waals surface area contributed by atoms with E-state index in [0.717, 1.165) is 25.8 Å². The lowest BCUT2D eigenvalue weighted by Crippen LogP contribution is -2.37. The number of sulfonamides is 1. The lowest BCUT2D eigenvalue weighted by molar-refractivity contribution is 0.289. The molecule has 0 aromatic heterocycles. The number of hydrogen-bond acceptors (Lipinski definition) is 4. The number of rotatable bonds is 8. The fourth-order valence-corrected chi connectivity index (χ4v) is 3.43. The van der Waals surface area contributed by atoms with E-state index in [4.69, 9.17) is 4.74 Å². The Hall–Kier alpha value is -0.820. The minimum atomic E-state index is -3.44. The van der Waals surface area contributed by atoms with Crippen molar-refractivity contribution < 1.29 is 13.2 Å². The fraction of sp³-hybridized carbons (Fsp3) is 0.625. The molecule has 1 aromatic rings. The van der Waals surface area contributed by atoms with Gasteiger partial charge in [-0.25, -0.2) is 13.1 Å². The van der Waals surface area contributed by atoms with Crippen LogP contribution in [0.2, 0.25) is 0 Å². The van der Waals surface area contributed by atoms with Crippen LogP contribution in [0.15, 0.2) is 29.2 Å². The van der Waals surface area contributed by atoms with Crippen molar-refractivity contribution in [2.75, 3.05) is 19.7 Å². The first-order valence-corrected chi connectivity index (χ1v) is 9.41. The third-order valence-electron chi connectivity index (χ3n) is 3.78. The lowest BCUT2D eigenvalue weighted by atomic mass is 10.1. The van der Waals surface area contributed by atoms with Crippen LogP contribution in [0.25, 0.3) is 0 Å². The molecule has 0 aliphatic carbocycles. The van der Waals surface area contributed by atoms with E-state index in [1.165, 1.54) is 0 Å². The van der Waals surface area contributed by atoms with Crippen LogP contribution in [0.5, 0.6) is 5.75 Å². The van der Waals surface area contributed by atoms with Crippen LogP contribution in [0.4, 0.5) is 0 Å². The predicted molar refractivity (Wildman–Crippen MR) is 94.9 cm³/mol. The summed E-state index contributed by atoms with van der Waals surface area (Å²) in [6, 6.07) is 6.85. The van der Waals surface area contributed by atoms with E-state index in [1.54, 1.807) is 24.3 Å². The van der Waals surface area contributed by atoms with Crippen LogP contribution >= 0.6 is 12.4 Å². The molecule has 1 aromatic carbocycles. The van der Waals surface area contributed by atoms with E-state index in [9.17, 15) is 8.42 Å². The number of hydrogen-bond donors (Lipinski definition) is 2. The minimum absolute atomic E-state index is 0. The van der Waals surface area contributed by atoms with Gasteiger partial charge in [0.05, 0.1) is 11.5 Å². The minimum Gasteiger partial charge on any atom is -0.494 e. The quantitative estimate of drug-likeness (QED) is 0.745. The number of halogens is 1. The molecule has 2 rings (SSSR count). The summed E-state index contributed by atoms with van der Waals surface area (Å²) < 4.78 is 32.7. The van der Waals surface area contributed by atoms with Crippen molar-refractivity contribution in [3.63, 3.8) is 0 Å². The molecular weight excluding hydrogens is 336 g/mol. The molecule has 7 heteroatoms. The predicted octanol–water partition coefficient (Wildman–Crippen LogP) is 2.56. The Morgan fingerprint density at radius 1 is 1.30 bits per heavy atom. The topological polar surface area (TPSA) is 67.4 Å². The van der Waals surface area contributed by atoms with Crippen molar-refractivity contribution >= 4 is 22.4 Å². The highest BCUT2D eigenvalue weighted by Gasteiger charge is 2.19. The van der Waals surface area contributed by atoms with E-state index in [1.807, 2.05) is 0 Å². The van der Waals surface area contributed by atoms with Crippen molar-refractivity contribution in [3.05, 3.63) is 24.3 Å². The van der Waals surface area contributed by atoms with Crippen molar-refractivity contribution in [2.45, 2.75) is 44.0 Å². The summed E-state index contributed by atoms with van der Waals surface area (Å²) >= 11 is 0. The Kier molecular flexibility index (Phi) is 8.33. The monoisotopic (exact) mass is 362 g/mol. The maximum absolute atomic E-state index is 12.2. The van der Waals surface area contributed by atoms with Crippen LogP contribution in [0.3, 0.4) is 0 Å². The molecule has 1 fully saturated rings. The second-order valence-electron chi connectivity index (χ2n) is 6.15. The van der Waals surface area contributed by atoms with E-state index in [0.29, 0.717) is 24.8 Å².